The van der Waals surface area contributed by atoms with Crippen molar-refractivity contribution in [2.75, 3.05) is 12.0 Å². The van der Waals surface area contributed by atoms with Gasteiger partial charge in [0.25, 0.3) is 5.91 Å². The fourth-order valence-corrected chi connectivity index (χ4v) is 5.41. The molecular weight excluding hydrogens is 429 g/mol. The van der Waals surface area contributed by atoms with Crippen LogP contribution in [0.5, 0.6) is 0 Å². The molecule has 3 fully saturated rings. The molecule has 0 radical (unpaired) electrons. The van der Waals surface area contributed by atoms with Gasteiger partial charge in [-0.25, -0.2) is 13.4 Å². The van der Waals surface area contributed by atoms with E-state index in [0.717, 1.165) is 50.5 Å². The van der Waals surface area contributed by atoms with E-state index in [4.69, 9.17) is 0 Å². The smallest absolute Gasteiger partial charge is 0.345 e. The molecule has 174 valence electrons. The van der Waals surface area contributed by atoms with E-state index >= 15 is 0 Å². The number of sulfone groups is 1. The minimum atomic E-state index is -4.59. The number of pyridine rings is 1. The second kappa shape index (κ2) is 9.08. The molecule has 1 N–H and O–H groups in total. The van der Waals surface area contributed by atoms with Gasteiger partial charge >= 0.3 is 6.18 Å². The lowest BCUT2D eigenvalue weighted by Crippen LogP contribution is -2.60. The molecule has 3 saturated carbocycles. The van der Waals surface area contributed by atoms with Crippen molar-refractivity contribution in [1.82, 2.24) is 10.3 Å². The Labute approximate surface area is 182 Å². The summed E-state index contributed by atoms with van der Waals surface area (Å²) in [5.41, 5.74) is -1.92. The number of hydrogen-bond donors (Lipinski definition) is 1. The molecular formula is C22H31F3N2O3S. The average Bonchev–Trinajstić information content (AvgIpc) is 3.43. The molecule has 1 heterocycles. The number of nitrogens with one attached hydrogen (secondary N) is 1. The number of aromatic nitrogens is 1. The minimum Gasteiger partial charge on any atom is -0.345 e. The topological polar surface area (TPSA) is 76.1 Å². The summed E-state index contributed by atoms with van der Waals surface area (Å²) < 4.78 is 62.8. The molecule has 1 unspecified atom stereocenters. The first-order valence-electron chi connectivity index (χ1n) is 10.9. The first-order chi connectivity index (χ1) is 14.4. The third kappa shape index (κ3) is 6.92. The number of aryl methyl sites for hydroxylation is 1. The van der Waals surface area contributed by atoms with E-state index in [0.29, 0.717) is 12.3 Å². The van der Waals surface area contributed by atoms with Gasteiger partial charge in [0.05, 0.1) is 22.5 Å². The molecule has 1 amide bonds. The van der Waals surface area contributed by atoms with Gasteiger partial charge in [-0.15, -0.1) is 0 Å². The highest BCUT2D eigenvalue weighted by molar-refractivity contribution is 7.90. The monoisotopic (exact) mass is 460 g/mol. The predicted octanol–water partition coefficient (Wildman–Crippen LogP) is 4.69. The van der Waals surface area contributed by atoms with Crippen molar-refractivity contribution >= 4 is 15.7 Å². The van der Waals surface area contributed by atoms with E-state index in [-0.39, 0.29) is 22.9 Å². The molecule has 3 aliphatic carbocycles. The first kappa shape index (κ1) is 24.0. The second-order valence-corrected chi connectivity index (χ2v) is 11.5. The molecule has 3 aliphatic rings. The highest BCUT2D eigenvalue weighted by Crippen LogP contribution is 2.46. The first-order valence-corrected chi connectivity index (χ1v) is 13.0. The largest absolute Gasteiger partial charge is 0.433 e. The molecule has 0 aliphatic heterocycles. The molecule has 5 nitrogen and oxygen atoms in total. The Hall–Kier alpha value is -1.64. The van der Waals surface area contributed by atoms with Crippen molar-refractivity contribution in [2.24, 2.45) is 11.8 Å². The van der Waals surface area contributed by atoms with Gasteiger partial charge in [0.2, 0.25) is 0 Å². The van der Waals surface area contributed by atoms with Gasteiger partial charge in [0.15, 0.2) is 0 Å². The fourth-order valence-electron chi connectivity index (χ4n) is 4.05. The number of alkyl halides is 3. The fraction of sp³-hybridized carbons (Fsp3) is 0.727. The zero-order valence-corrected chi connectivity index (χ0v) is 18.9. The third-order valence-electron chi connectivity index (χ3n) is 6.09. The molecule has 1 atom stereocenters. The number of nitrogens with zero attached hydrogens (tertiary/aromatic N) is 1. The van der Waals surface area contributed by atoms with Crippen molar-refractivity contribution in [2.45, 2.75) is 76.4 Å². The summed E-state index contributed by atoms with van der Waals surface area (Å²) in [6.45, 7) is 1.35. The normalized spacial score (nSPS) is 20.7. The van der Waals surface area contributed by atoms with E-state index in [1.54, 1.807) is 0 Å². The van der Waals surface area contributed by atoms with Crippen LogP contribution in [0, 0.1) is 18.8 Å². The lowest BCUT2D eigenvalue weighted by molar-refractivity contribution is -0.141. The Bertz CT molecular complexity index is 904. The van der Waals surface area contributed by atoms with Gasteiger partial charge in [0, 0.05) is 6.26 Å². The highest BCUT2D eigenvalue weighted by Gasteiger charge is 2.48. The van der Waals surface area contributed by atoms with Crippen molar-refractivity contribution in [3.05, 3.63) is 29.1 Å². The van der Waals surface area contributed by atoms with E-state index < -0.39 is 33.2 Å². The summed E-state index contributed by atoms with van der Waals surface area (Å²) in [5.74, 6) is -0.265. The second-order valence-electron chi connectivity index (χ2n) is 9.34. The van der Waals surface area contributed by atoms with Gasteiger partial charge < -0.3 is 5.32 Å². The quantitative estimate of drug-likeness (QED) is 0.640. The molecule has 0 bridgehead atoms. The van der Waals surface area contributed by atoms with Crippen molar-refractivity contribution in [3.8, 4) is 0 Å². The maximum absolute atomic E-state index is 12.9. The molecule has 0 aromatic carbocycles. The highest BCUT2D eigenvalue weighted by atomic mass is 32.2. The summed E-state index contributed by atoms with van der Waals surface area (Å²) in [5, 5.41) is 2.94. The summed E-state index contributed by atoms with van der Waals surface area (Å²) in [4.78, 5) is 16.5. The van der Waals surface area contributed by atoms with Gasteiger partial charge in [0.1, 0.15) is 15.5 Å². The summed E-state index contributed by atoms with van der Waals surface area (Å²) in [6, 6.07) is 1.90. The molecule has 4 rings (SSSR count). The SMILES string of the molecule is C1CC1.Cc1nc(C(F)(F)F)ccc1C(=O)NC(CC1CC1)(CS(C)(=O)=O)C1CCC1. The Morgan fingerprint density at radius 2 is 1.71 bits per heavy atom. The molecule has 0 spiro atoms. The van der Waals surface area contributed by atoms with Gasteiger partial charge in [-0.05, 0) is 50.2 Å². The molecule has 9 heteroatoms. The Kier molecular flexibility index (Phi) is 7.03. The number of carbonyl (C=O) groups excluding carboxylic acids is 1. The maximum Gasteiger partial charge on any atom is 0.433 e. The predicted molar refractivity (Wildman–Crippen MR) is 112 cm³/mol. The number of carbonyl (C=O) groups is 1. The van der Waals surface area contributed by atoms with Crippen LogP contribution in [0.1, 0.15) is 79.5 Å². The summed E-state index contributed by atoms with van der Waals surface area (Å²) >= 11 is 0. The third-order valence-corrected chi connectivity index (χ3v) is 7.13. The van der Waals surface area contributed by atoms with Crippen LogP contribution in [0.25, 0.3) is 0 Å². The van der Waals surface area contributed by atoms with Crippen LogP contribution in [-0.2, 0) is 16.0 Å². The zero-order chi connectivity index (χ0) is 22.9. The number of amides is 1. The van der Waals surface area contributed by atoms with Crippen LogP contribution in [0.15, 0.2) is 12.1 Å². The zero-order valence-electron chi connectivity index (χ0n) is 18.1. The van der Waals surface area contributed by atoms with E-state index in [1.807, 2.05) is 0 Å². The van der Waals surface area contributed by atoms with Crippen LogP contribution in [-0.4, -0.2) is 36.9 Å². The van der Waals surface area contributed by atoms with Crippen LogP contribution in [0.4, 0.5) is 13.2 Å². The molecule has 1 aromatic heterocycles. The van der Waals surface area contributed by atoms with Crippen LogP contribution < -0.4 is 5.32 Å². The van der Waals surface area contributed by atoms with Crippen molar-refractivity contribution < 1.29 is 26.4 Å². The van der Waals surface area contributed by atoms with Crippen LogP contribution in [0.2, 0.25) is 0 Å². The number of rotatable bonds is 7. The summed E-state index contributed by atoms with van der Waals surface area (Å²) in [7, 11) is -3.36. The minimum absolute atomic E-state index is 0.0272. The van der Waals surface area contributed by atoms with Crippen molar-refractivity contribution in [1.29, 1.82) is 0 Å². The standard InChI is InChI=1S/C19H25F3N2O3S.C3H6/c1-12-15(8-9-16(23-12)19(20,21)22)17(25)24-18(10-13-6-7-13,11-28(2,26)27)14-4-3-5-14;1-2-3-1/h8-9,13-14H,3-7,10-11H2,1-2H3,(H,24,25);1-3H2. The van der Waals surface area contributed by atoms with Gasteiger partial charge in [-0.3, -0.25) is 4.79 Å². The van der Waals surface area contributed by atoms with Crippen molar-refractivity contribution in [3.63, 3.8) is 0 Å². The Morgan fingerprint density at radius 3 is 2.10 bits per heavy atom. The Balaban J connectivity index is 0.000000834. The number of hydrogen-bond acceptors (Lipinski definition) is 4. The molecule has 1 aromatic rings. The average molecular weight is 461 g/mol. The van der Waals surface area contributed by atoms with E-state index in [2.05, 4.69) is 10.3 Å². The maximum atomic E-state index is 12.9. The lowest BCUT2D eigenvalue weighted by atomic mass is 9.69. The van der Waals surface area contributed by atoms with Gasteiger partial charge in [-0.1, -0.05) is 38.5 Å². The lowest BCUT2D eigenvalue weighted by Gasteiger charge is -2.46. The van der Waals surface area contributed by atoms with Gasteiger partial charge in [-0.2, -0.15) is 13.2 Å². The summed E-state index contributed by atoms with van der Waals surface area (Å²) in [6.07, 6.45) is 6.34. The molecule has 0 saturated heterocycles. The molecule has 31 heavy (non-hydrogen) atoms. The van der Waals surface area contributed by atoms with E-state index in [1.165, 1.54) is 26.2 Å². The Morgan fingerprint density at radius 1 is 1.10 bits per heavy atom. The van der Waals surface area contributed by atoms with Crippen LogP contribution >= 0.6 is 0 Å². The number of halogens is 3. The van der Waals surface area contributed by atoms with E-state index in [9.17, 15) is 26.4 Å². The van der Waals surface area contributed by atoms with Crippen LogP contribution in [0.3, 0.4) is 0 Å².